The van der Waals surface area contributed by atoms with Gasteiger partial charge in [0.05, 0.1) is 14.9 Å². The second-order valence-corrected chi connectivity index (χ2v) is 8.25. The van der Waals surface area contributed by atoms with E-state index in [4.69, 9.17) is 23.2 Å². The number of hydrogen-bond donors (Lipinski definition) is 2. The van der Waals surface area contributed by atoms with E-state index in [1.54, 1.807) is 18.2 Å². The molecule has 140 valence electrons. The third-order valence-electron chi connectivity index (χ3n) is 3.90. The summed E-state index contributed by atoms with van der Waals surface area (Å²) in [5, 5.41) is 3.34. The fourth-order valence-corrected chi connectivity index (χ4v) is 3.78. The van der Waals surface area contributed by atoms with Crippen molar-refractivity contribution in [1.29, 1.82) is 0 Å². The number of rotatable bonds is 7. The number of nitrogens with one attached hydrogen (secondary N) is 2. The quantitative estimate of drug-likeness (QED) is 0.688. The van der Waals surface area contributed by atoms with E-state index in [9.17, 15) is 13.2 Å². The highest BCUT2D eigenvalue weighted by atomic mass is 35.5. The van der Waals surface area contributed by atoms with Crippen LogP contribution in [0.5, 0.6) is 0 Å². The van der Waals surface area contributed by atoms with Crippen molar-refractivity contribution in [1.82, 2.24) is 5.32 Å². The molecule has 0 aromatic heterocycles. The van der Waals surface area contributed by atoms with Crippen molar-refractivity contribution in [3.05, 3.63) is 58.1 Å². The van der Waals surface area contributed by atoms with Crippen LogP contribution in [-0.2, 0) is 10.0 Å². The largest absolute Gasteiger partial charge is 0.349 e. The topological polar surface area (TPSA) is 75.3 Å². The zero-order chi connectivity index (χ0) is 19.3. The third-order valence-corrected chi connectivity index (χ3v) is 6.02. The minimum absolute atomic E-state index is 0.0150. The van der Waals surface area contributed by atoms with Crippen LogP contribution >= 0.6 is 23.2 Å². The van der Waals surface area contributed by atoms with Gasteiger partial charge in [-0.25, -0.2) is 8.42 Å². The number of hydrogen-bond acceptors (Lipinski definition) is 3. The van der Waals surface area contributed by atoms with Gasteiger partial charge in [0.25, 0.3) is 15.9 Å². The molecule has 2 aromatic carbocycles. The molecule has 0 aliphatic rings. The van der Waals surface area contributed by atoms with Gasteiger partial charge in [-0.05, 0) is 49.2 Å². The summed E-state index contributed by atoms with van der Waals surface area (Å²) in [6.45, 7) is 3.99. The number of benzene rings is 2. The van der Waals surface area contributed by atoms with Gasteiger partial charge in [-0.2, -0.15) is 0 Å². The minimum Gasteiger partial charge on any atom is -0.349 e. The lowest BCUT2D eigenvalue weighted by Crippen LogP contribution is -2.33. The van der Waals surface area contributed by atoms with Crippen LogP contribution in [0, 0.1) is 0 Å². The second-order valence-electron chi connectivity index (χ2n) is 5.75. The van der Waals surface area contributed by atoms with Gasteiger partial charge >= 0.3 is 0 Å². The highest BCUT2D eigenvalue weighted by Crippen LogP contribution is 2.26. The summed E-state index contributed by atoms with van der Waals surface area (Å²) in [7, 11) is -3.85. The van der Waals surface area contributed by atoms with Crippen LogP contribution in [0.1, 0.15) is 37.0 Å². The van der Waals surface area contributed by atoms with Gasteiger partial charge in [-0.1, -0.05) is 43.1 Å². The lowest BCUT2D eigenvalue weighted by Gasteiger charge is -2.15. The molecule has 8 heteroatoms. The zero-order valence-corrected chi connectivity index (χ0v) is 16.8. The molecule has 0 bridgehead atoms. The van der Waals surface area contributed by atoms with E-state index in [0.717, 1.165) is 12.8 Å². The average Bonchev–Trinajstić information content (AvgIpc) is 2.61. The Labute approximate surface area is 163 Å². The molecule has 5 nitrogen and oxygen atoms in total. The van der Waals surface area contributed by atoms with Gasteiger partial charge in [0.2, 0.25) is 0 Å². The van der Waals surface area contributed by atoms with Gasteiger partial charge in [0.1, 0.15) is 0 Å². The van der Waals surface area contributed by atoms with Crippen molar-refractivity contribution in [2.75, 3.05) is 4.72 Å². The zero-order valence-electron chi connectivity index (χ0n) is 14.4. The molecule has 0 unspecified atom stereocenters. The van der Waals surface area contributed by atoms with Crippen LogP contribution in [0.15, 0.2) is 47.4 Å². The molecule has 0 saturated heterocycles. The van der Waals surface area contributed by atoms with Gasteiger partial charge < -0.3 is 5.32 Å². The number of sulfonamides is 1. The molecule has 0 atom stereocenters. The molecule has 0 fully saturated rings. The highest BCUT2D eigenvalue weighted by molar-refractivity contribution is 7.92. The summed E-state index contributed by atoms with van der Waals surface area (Å²) in [5.74, 6) is -0.241. The number of halogens is 2. The maximum atomic E-state index is 12.5. The van der Waals surface area contributed by atoms with E-state index in [1.807, 2.05) is 13.8 Å². The third kappa shape index (κ3) is 5.13. The predicted octanol–water partition coefficient (Wildman–Crippen LogP) is 4.71. The highest BCUT2D eigenvalue weighted by Gasteiger charge is 2.17. The van der Waals surface area contributed by atoms with E-state index < -0.39 is 10.0 Å². The van der Waals surface area contributed by atoms with Gasteiger partial charge in [0.15, 0.2) is 0 Å². The van der Waals surface area contributed by atoms with Gasteiger partial charge in [-0.15, -0.1) is 0 Å². The first kappa shape index (κ1) is 20.6. The SMILES string of the molecule is CCC(CC)NC(=O)c1cccc(NS(=O)(=O)c2ccc(Cl)c(Cl)c2)c1. The summed E-state index contributed by atoms with van der Waals surface area (Å²) in [6.07, 6.45) is 1.65. The van der Waals surface area contributed by atoms with E-state index in [2.05, 4.69) is 10.0 Å². The first-order valence-electron chi connectivity index (χ1n) is 8.15. The summed E-state index contributed by atoms with van der Waals surface area (Å²) >= 11 is 11.7. The Morgan fingerprint density at radius 1 is 1.04 bits per heavy atom. The van der Waals surface area contributed by atoms with Crippen LogP contribution in [0.4, 0.5) is 5.69 Å². The molecule has 2 rings (SSSR count). The normalized spacial score (nSPS) is 11.4. The molecule has 26 heavy (non-hydrogen) atoms. The van der Waals surface area contributed by atoms with E-state index in [0.29, 0.717) is 5.56 Å². The summed E-state index contributed by atoms with van der Waals surface area (Å²) < 4.78 is 27.5. The van der Waals surface area contributed by atoms with Crippen molar-refractivity contribution >= 4 is 44.8 Å². The van der Waals surface area contributed by atoms with Crippen molar-refractivity contribution in [2.45, 2.75) is 37.6 Å². The Hall–Kier alpha value is -1.76. The Balaban J connectivity index is 2.22. The molecule has 2 aromatic rings. The van der Waals surface area contributed by atoms with Crippen molar-refractivity contribution in [2.24, 2.45) is 0 Å². The summed E-state index contributed by atoms with van der Waals surface area (Å²) in [4.78, 5) is 12.3. The average molecular weight is 415 g/mol. The van der Waals surface area contributed by atoms with E-state index in [1.165, 1.54) is 24.3 Å². The fourth-order valence-electron chi connectivity index (χ4n) is 2.34. The van der Waals surface area contributed by atoms with Gasteiger partial charge in [0, 0.05) is 17.3 Å². The molecule has 1 amide bonds. The summed E-state index contributed by atoms with van der Waals surface area (Å²) in [6, 6.07) is 10.5. The Morgan fingerprint density at radius 2 is 1.73 bits per heavy atom. The Bertz CT molecular complexity index is 897. The minimum atomic E-state index is -3.85. The number of carbonyl (C=O) groups excluding carboxylic acids is 1. The molecule has 0 saturated carbocycles. The van der Waals surface area contributed by atoms with Crippen molar-refractivity contribution < 1.29 is 13.2 Å². The maximum Gasteiger partial charge on any atom is 0.261 e. The smallest absolute Gasteiger partial charge is 0.261 e. The first-order valence-corrected chi connectivity index (χ1v) is 10.4. The summed E-state index contributed by atoms with van der Waals surface area (Å²) in [5.41, 5.74) is 0.666. The van der Waals surface area contributed by atoms with E-state index in [-0.39, 0.29) is 32.6 Å². The molecule has 2 N–H and O–H groups in total. The number of anilines is 1. The number of carbonyl (C=O) groups is 1. The molecular weight excluding hydrogens is 395 g/mol. The monoisotopic (exact) mass is 414 g/mol. The second kappa shape index (κ2) is 8.75. The van der Waals surface area contributed by atoms with E-state index >= 15 is 0 Å². The molecule has 0 aliphatic carbocycles. The lowest BCUT2D eigenvalue weighted by molar-refractivity contribution is 0.0935. The molecule has 0 spiro atoms. The molecular formula is C18H20Cl2N2O3S. The fraction of sp³-hybridized carbons (Fsp3) is 0.278. The maximum absolute atomic E-state index is 12.5. The van der Waals surface area contributed by atoms with Crippen LogP contribution in [0.25, 0.3) is 0 Å². The first-order chi connectivity index (χ1) is 12.3. The van der Waals surface area contributed by atoms with Crippen LogP contribution in [0.3, 0.4) is 0 Å². The standard InChI is InChI=1S/C18H20Cl2N2O3S/c1-3-13(4-2)21-18(23)12-6-5-7-14(10-12)22-26(24,25)15-8-9-16(19)17(20)11-15/h5-11,13,22H,3-4H2,1-2H3,(H,21,23). The molecule has 0 aliphatic heterocycles. The Kier molecular flexibility index (Phi) is 6.92. The molecule has 0 heterocycles. The lowest BCUT2D eigenvalue weighted by atomic mass is 10.1. The predicted molar refractivity (Wildman–Crippen MR) is 106 cm³/mol. The number of amides is 1. The van der Waals surface area contributed by atoms with Crippen LogP contribution in [0.2, 0.25) is 10.0 Å². The Morgan fingerprint density at radius 3 is 2.35 bits per heavy atom. The van der Waals surface area contributed by atoms with Crippen LogP contribution in [-0.4, -0.2) is 20.4 Å². The van der Waals surface area contributed by atoms with Crippen LogP contribution < -0.4 is 10.0 Å². The van der Waals surface area contributed by atoms with Gasteiger partial charge in [-0.3, -0.25) is 9.52 Å². The van der Waals surface area contributed by atoms with Crippen molar-refractivity contribution in [3.8, 4) is 0 Å². The van der Waals surface area contributed by atoms with Crippen molar-refractivity contribution in [3.63, 3.8) is 0 Å². The molecule has 0 radical (unpaired) electrons.